The lowest BCUT2D eigenvalue weighted by atomic mass is 10.2. The molecule has 0 atom stereocenters. The normalized spacial score (nSPS) is 10.1. The summed E-state index contributed by atoms with van der Waals surface area (Å²) in [6.07, 6.45) is 2.58. The third-order valence-corrected chi connectivity index (χ3v) is 4.00. The maximum atomic E-state index is 12.0. The summed E-state index contributed by atoms with van der Waals surface area (Å²) in [5.41, 5.74) is 0.698. The maximum Gasteiger partial charge on any atom is 0.337 e. The van der Waals surface area contributed by atoms with Crippen molar-refractivity contribution in [2.24, 2.45) is 0 Å². The first-order valence-corrected chi connectivity index (χ1v) is 6.88. The molecular weight excluding hydrogens is 395 g/mol. The van der Waals surface area contributed by atoms with Crippen LogP contribution in [0.25, 0.3) is 0 Å². The molecule has 0 bridgehead atoms. The average Bonchev–Trinajstić information content (AvgIpc) is 2.42. The van der Waals surface area contributed by atoms with Crippen molar-refractivity contribution in [3.63, 3.8) is 0 Å². The number of carbonyl (C=O) groups excluding carboxylic acids is 1. The summed E-state index contributed by atoms with van der Waals surface area (Å²) in [5.74, 6) is -1.49. The lowest BCUT2D eigenvalue weighted by molar-refractivity contribution is 0.0696. The fourth-order valence-corrected chi connectivity index (χ4v) is 1.98. The van der Waals surface area contributed by atoms with Crippen molar-refractivity contribution in [1.82, 2.24) is 4.98 Å². The molecule has 0 aliphatic heterocycles. The monoisotopic (exact) mass is 402 g/mol. The fourth-order valence-electron chi connectivity index (χ4n) is 1.47. The number of aromatic carboxylic acids is 1. The van der Waals surface area contributed by atoms with Crippen molar-refractivity contribution in [2.75, 3.05) is 5.32 Å². The number of pyridine rings is 1. The molecular formula is C13H8ClIN2O3. The topological polar surface area (TPSA) is 79.3 Å². The molecule has 0 saturated carbocycles. The Bertz CT molecular complexity index is 691. The van der Waals surface area contributed by atoms with E-state index in [0.29, 0.717) is 16.3 Å². The summed E-state index contributed by atoms with van der Waals surface area (Å²) >= 11 is 8.01. The van der Waals surface area contributed by atoms with Crippen LogP contribution >= 0.6 is 34.2 Å². The number of hydrogen-bond donors (Lipinski definition) is 2. The summed E-state index contributed by atoms with van der Waals surface area (Å²) in [6, 6.07) is 6.25. The minimum atomic E-state index is -1.11. The van der Waals surface area contributed by atoms with E-state index in [0.717, 1.165) is 3.57 Å². The number of carboxylic acid groups (broad SMARTS) is 1. The molecule has 1 aromatic carbocycles. The quantitative estimate of drug-likeness (QED) is 0.772. The van der Waals surface area contributed by atoms with Gasteiger partial charge in [-0.1, -0.05) is 11.6 Å². The molecule has 0 aliphatic rings. The van der Waals surface area contributed by atoms with Crippen LogP contribution in [0.15, 0.2) is 36.7 Å². The zero-order valence-corrected chi connectivity index (χ0v) is 12.8. The van der Waals surface area contributed by atoms with Gasteiger partial charge in [-0.25, -0.2) is 4.79 Å². The highest BCUT2D eigenvalue weighted by atomic mass is 127. The second-order valence-electron chi connectivity index (χ2n) is 3.85. The van der Waals surface area contributed by atoms with Crippen molar-refractivity contribution in [3.05, 3.63) is 56.4 Å². The maximum absolute atomic E-state index is 12.0. The number of amides is 1. The molecule has 1 amide bonds. The van der Waals surface area contributed by atoms with Gasteiger partial charge in [-0.05, 0) is 46.9 Å². The number of halogens is 2. The van der Waals surface area contributed by atoms with Crippen LogP contribution in [-0.2, 0) is 0 Å². The van der Waals surface area contributed by atoms with E-state index in [-0.39, 0.29) is 11.5 Å². The molecule has 0 unspecified atom stereocenters. The first kappa shape index (κ1) is 14.7. The Hall–Kier alpha value is -1.67. The van der Waals surface area contributed by atoms with E-state index in [2.05, 4.69) is 32.9 Å². The Morgan fingerprint density at radius 3 is 2.60 bits per heavy atom. The summed E-state index contributed by atoms with van der Waals surface area (Å²) < 4.78 is 0.843. The van der Waals surface area contributed by atoms with Gasteiger partial charge < -0.3 is 10.4 Å². The second kappa shape index (κ2) is 6.19. The third kappa shape index (κ3) is 3.45. The van der Waals surface area contributed by atoms with Crippen LogP contribution < -0.4 is 5.32 Å². The number of benzene rings is 1. The van der Waals surface area contributed by atoms with Crippen LogP contribution in [0, 0.1) is 3.57 Å². The largest absolute Gasteiger partial charge is 0.478 e. The van der Waals surface area contributed by atoms with Gasteiger partial charge >= 0.3 is 5.97 Å². The number of aromatic nitrogens is 1. The third-order valence-electron chi connectivity index (χ3n) is 2.42. The molecule has 1 aromatic heterocycles. The van der Waals surface area contributed by atoms with Gasteiger partial charge in [-0.3, -0.25) is 9.78 Å². The van der Waals surface area contributed by atoms with Gasteiger partial charge in [-0.2, -0.15) is 0 Å². The lowest BCUT2D eigenvalue weighted by Gasteiger charge is -2.06. The summed E-state index contributed by atoms with van der Waals surface area (Å²) in [7, 11) is 0. The van der Waals surface area contributed by atoms with Crippen LogP contribution in [0.4, 0.5) is 5.69 Å². The summed E-state index contributed by atoms with van der Waals surface area (Å²) in [5, 5.41) is 11.9. The van der Waals surface area contributed by atoms with E-state index in [1.54, 1.807) is 18.2 Å². The van der Waals surface area contributed by atoms with Gasteiger partial charge in [0.2, 0.25) is 0 Å². The van der Waals surface area contributed by atoms with E-state index in [1.807, 2.05) is 0 Å². The minimum absolute atomic E-state index is 0.00319. The number of hydrogen-bond acceptors (Lipinski definition) is 3. The zero-order valence-electron chi connectivity index (χ0n) is 9.93. The Morgan fingerprint density at radius 1 is 1.20 bits per heavy atom. The lowest BCUT2D eigenvalue weighted by Crippen LogP contribution is -2.12. The highest BCUT2D eigenvalue weighted by Crippen LogP contribution is 2.20. The number of carbonyl (C=O) groups is 2. The molecule has 1 heterocycles. The van der Waals surface area contributed by atoms with Crippen LogP contribution in [0.2, 0.25) is 5.02 Å². The van der Waals surface area contributed by atoms with E-state index < -0.39 is 5.97 Å². The molecule has 0 radical (unpaired) electrons. The molecule has 0 fully saturated rings. The van der Waals surface area contributed by atoms with Gasteiger partial charge in [0.15, 0.2) is 0 Å². The molecule has 5 nitrogen and oxygen atoms in total. The first-order valence-electron chi connectivity index (χ1n) is 5.42. The second-order valence-corrected chi connectivity index (χ2v) is 5.42. The zero-order chi connectivity index (χ0) is 14.7. The van der Waals surface area contributed by atoms with Crippen molar-refractivity contribution in [3.8, 4) is 0 Å². The number of nitrogens with one attached hydrogen (secondary N) is 1. The average molecular weight is 403 g/mol. The standard InChI is InChI=1S/C13H8ClIN2O3/c14-10-4-7(1-2-11(10)15)12(18)17-9-3-8(13(19)20)5-16-6-9/h1-6H,(H,17,18)(H,19,20). The molecule has 102 valence electrons. The van der Waals surface area contributed by atoms with E-state index in [4.69, 9.17) is 16.7 Å². The molecule has 2 rings (SSSR count). The molecule has 7 heteroatoms. The highest BCUT2D eigenvalue weighted by Gasteiger charge is 2.10. The summed E-state index contributed by atoms with van der Waals surface area (Å²) in [4.78, 5) is 26.6. The van der Waals surface area contributed by atoms with Crippen molar-refractivity contribution in [2.45, 2.75) is 0 Å². The number of nitrogens with zero attached hydrogens (tertiary/aromatic N) is 1. The minimum Gasteiger partial charge on any atom is -0.478 e. The van der Waals surface area contributed by atoms with Crippen LogP contribution in [-0.4, -0.2) is 22.0 Å². The predicted octanol–water partition coefficient (Wildman–Crippen LogP) is 3.29. The molecule has 2 aromatic rings. The van der Waals surface area contributed by atoms with Crippen LogP contribution in [0.3, 0.4) is 0 Å². The predicted molar refractivity (Wildman–Crippen MR) is 83.3 cm³/mol. The van der Waals surface area contributed by atoms with Crippen LogP contribution in [0.5, 0.6) is 0 Å². The van der Waals surface area contributed by atoms with Gasteiger partial charge in [0.25, 0.3) is 5.91 Å². The van der Waals surface area contributed by atoms with Gasteiger partial charge in [0.1, 0.15) is 0 Å². The van der Waals surface area contributed by atoms with E-state index in [1.165, 1.54) is 18.5 Å². The summed E-state index contributed by atoms with van der Waals surface area (Å²) in [6.45, 7) is 0. The Morgan fingerprint density at radius 2 is 1.95 bits per heavy atom. The molecule has 0 aliphatic carbocycles. The number of rotatable bonds is 3. The highest BCUT2D eigenvalue weighted by molar-refractivity contribution is 14.1. The Labute approximate surface area is 133 Å². The number of anilines is 1. The first-order chi connectivity index (χ1) is 9.47. The smallest absolute Gasteiger partial charge is 0.337 e. The van der Waals surface area contributed by atoms with Crippen molar-refractivity contribution in [1.29, 1.82) is 0 Å². The molecule has 0 saturated heterocycles. The molecule has 20 heavy (non-hydrogen) atoms. The van der Waals surface area contributed by atoms with E-state index in [9.17, 15) is 9.59 Å². The molecule has 2 N–H and O–H groups in total. The SMILES string of the molecule is O=C(O)c1cncc(NC(=O)c2ccc(I)c(Cl)c2)c1. The van der Waals surface area contributed by atoms with Gasteiger partial charge in [0, 0.05) is 15.3 Å². The Balaban J connectivity index is 2.21. The molecule has 0 spiro atoms. The van der Waals surface area contributed by atoms with Crippen molar-refractivity contribution < 1.29 is 14.7 Å². The Kier molecular flexibility index (Phi) is 4.56. The van der Waals surface area contributed by atoms with Crippen molar-refractivity contribution >= 4 is 51.8 Å². The van der Waals surface area contributed by atoms with E-state index >= 15 is 0 Å². The van der Waals surface area contributed by atoms with Crippen LogP contribution in [0.1, 0.15) is 20.7 Å². The van der Waals surface area contributed by atoms with Gasteiger partial charge in [0.05, 0.1) is 22.5 Å². The number of carboxylic acids is 1. The fraction of sp³-hybridized carbons (Fsp3) is 0. The van der Waals surface area contributed by atoms with Gasteiger partial charge in [-0.15, -0.1) is 0 Å².